The number of carbonyl (C=O) groups is 1. The Morgan fingerprint density at radius 3 is 2.28 bits per heavy atom. The molecule has 5 nitrogen and oxygen atoms in total. The van der Waals surface area contributed by atoms with Crippen LogP contribution in [0, 0.1) is 0 Å². The van der Waals surface area contributed by atoms with Gasteiger partial charge in [0.2, 0.25) is 0 Å². The van der Waals surface area contributed by atoms with Crippen LogP contribution in [0.25, 0.3) is 0 Å². The van der Waals surface area contributed by atoms with Crippen LogP contribution in [0.5, 0.6) is 11.5 Å². The molecule has 5 heteroatoms. The van der Waals surface area contributed by atoms with Crippen molar-refractivity contribution in [2.24, 2.45) is 0 Å². The summed E-state index contributed by atoms with van der Waals surface area (Å²) in [6.45, 7) is 2.92. The first-order chi connectivity index (χ1) is 17.6. The molecule has 0 aliphatic carbocycles. The van der Waals surface area contributed by atoms with Crippen molar-refractivity contribution in [3.63, 3.8) is 0 Å². The van der Waals surface area contributed by atoms with Crippen LogP contribution in [0.15, 0.2) is 84.9 Å². The van der Waals surface area contributed by atoms with Crippen molar-refractivity contribution in [3.05, 3.63) is 107 Å². The number of benzene rings is 3. The zero-order valence-corrected chi connectivity index (χ0v) is 21.0. The predicted molar refractivity (Wildman–Crippen MR) is 140 cm³/mol. The Hall–Kier alpha value is -3.57. The van der Waals surface area contributed by atoms with Gasteiger partial charge in [0.05, 0.1) is 25.9 Å². The Morgan fingerprint density at radius 1 is 0.889 bits per heavy atom. The molecule has 0 bridgehead atoms. The summed E-state index contributed by atoms with van der Waals surface area (Å²) in [5, 5.41) is 0. The molecule has 2 atom stereocenters. The Kier molecular flexibility index (Phi) is 9.17. The summed E-state index contributed by atoms with van der Waals surface area (Å²) in [5.74, 6) is 0.738. The molecule has 0 aromatic heterocycles. The van der Waals surface area contributed by atoms with Gasteiger partial charge in [0.1, 0.15) is 23.7 Å². The van der Waals surface area contributed by atoms with E-state index in [1.807, 2.05) is 61.5 Å². The number of hydrogen-bond donors (Lipinski definition) is 0. The number of allylic oxidation sites excluding steroid dienone is 1. The lowest BCUT2D eigenvalue weighted by molar-refractivity contribution is 0.0123. The number of carbonyl (C=O) groups excluding carboxylic acids is 1. The summed E-state index contributed by atoms with van der Waals surface area (Å²) in [6.07, 6.45) is 6.91. The molecule has 0 fully saturated rings. The lowest BCUT2D eigenvalue weighted by Crippen LogP contribution is -2.21. The number of rotatable bonds is 7. The largest absolute Gasteiger partial charge is 0.496 e. The Balaban J connectivity index is 1.52. The van der Waals surface area contributed by atoms with Gasteiger partial charge in [0.15, 0.2) is 0 Å². The highest BCUT2D eigenvalue weighted by atomic mass is 16.5. The maximum absolute atomic E-state index is 13.2. The van der Waals surface area contributed by atoms with Gasteiger partial charge in [-0.3, -0.25) is 0 Å². The fraction of sp³-hybridized carbons (Fsp3) is 0.323. The van der Waals surface area contributed by atoms with Crippen molar-refractivity contribution in [2.45, 2.75) is 58.0 Å². The Labute approximate surface area is 213 Å². The molecule has 0 N–H and O–H groups in total. The summed E-state index contributed by atoms with van der Waals surface area (Å²) < 4.78 is 23.7. The molecule has 1 unspecified atom stereocenters. The minimum atomic E-state index is -0.375. The van der Waals surface area contributed by atoms with Crippen molar-refractivity contribution in [1.82, 2.24) is 0 Å². The van der Waals surface area contributed by atoms with Gasteiger partial charge < -0.3 is 18.9 Å². The first-order valence-corrected chi connectivity index (χ1v) is 12.5. The van der Waals surface area contributed by atoms with Gasteiger partial charge in [-0.25, -0.2) is 4.79 Å². The minimum Gasteiger partial charge on any atom is -0.496 e. The summed E-state index contributed by atoms with van der Waals surface area (Å²) in [7, 11) is 1.56. The molecule has 1 aliphatic rings. The highest BCUT2D eigenvalue weighted by molar-refractivity contribution is 5.94. The molecule has 0 saturated carbocycles. The average Bonchev–Trinajstić information content (AvgIpc) is 2.91. The number of methoxy groups -OCH3 is 1. The third-order valence-electron chi connectivity index (χ3n) is 6.27. The molecule has 3 aromatic carbocycles. The van der Waals surface area contributed by atoms with E-state index in [0.717, 1.165) is 36.0 Å². The highest BCUT2D eigenvalue weighted by Gasteiger charge is 2.23. The molecule has 0 amide bonds. The molecule has 1 heterocycles. The lowest BCUT2D eigenvalue weighted by atomic mass is 10.0. The summed E-state index contributed by atoms with van der Waals surface area (Å²) in [4.78, 5) is 13.2. The average molecular weight is 487 g/mol. The lowest BCUT2D eigenvalue weighted by Gasteiger charge is -2.22. The fourth-order valence-electron chi connectivity index (χ4n) is 4.26. The topological polar surface area (TPSA) is 54.0 Å². The summed E-state index contributed by atoms with van der Waals surface area (Å²) >= 11 is 0. The number of hydrogen-bond acceptors (Lipinski definition) is 5. The highest BCUT2D eigenvalue weighted by Crippen LogP contribution is 2.32. The van der Waals surface area contributed by atoms with Crippen molar-refractivity contribution >= 4 is 5.97 Å². The molecule has 0 saturated heterocycles. The SMILES string of the molecule is COc1cc(OCc2ccccc2)cc2c1C(=O)O[C@H](C)CCC(OCc1ccccc1)C/C=C\C2. The zero-order chi connectivity index (χ0) is 25.2. The first-order valence-electron chi connectivity index (χ1n) is 12.5. The molecule has 1 aliphatic heterocycles. The Bertz CT molecular complexity index is 1140. The molecule has 0 spiro atoms. The van der Waals surface area contributed by atoms with E-state index in [1.165, 1.54) is 0 Å². The van der Waals surface area contributed by atoms with Gasteiger partial charge >= 0.3 is 5.97 Å². The maximum atomic E-state index is 13.2. The van der Waals surface area contributed by atoms with Crippen LogP contribution in [-0.2, 0) is 29.1 Å². The molecule has 0 radical (unpaired) electrons. The summed E-state index contributed by atoms with van der Waals surface area (Å²) in [6, 6.07) is 23.8. The fourth-order valence-corrected chi connectivity index (χ4v) is 4.26. The van der Waals surface area contributed by atoms with Crippen LogP contribution in [0.2, 0.25) is 0 Å². The van der Waals surface area contributed by atoms with Crippen LogP contribution in [0.3, 0.4) is 0 Å². The molecule has 188 valence electrons. The molecular weight excluding hydrogens is 452 g/mol. The predicted octanol–water partition coefficient (Wildman–Crippen LogP) is 6.69. The number of fused-ring (bicyclic) bond motifs is 1. The smallest absolute Gasteiger partial charge is 0.342 e. The van der Waals surface area contributed by atoms with E-state index in [1.54, 1.807) is 13.2 Å². The van der Waals surface area contributed by atoms with Gasteiger partial charge in [0, 0.05) is 6.07 Å². The maximum Gasteiger partial charge on any atom is 0.342 e. The van der Waals surface area contributed by atoms with E-state index in [4.69, 9.17) is 18.9 Å². The monoisotopic (exact) mass is 486 g/mol. The third-order valence-corrected chi connectivity index (χ3v) is 6.27. The van der Waals surface area contributed by atoms with Crippen molar-refractivity contribution in [2.75, 3.05) is 7.11 Å². The van der Waals surface area contributed by atoms with Gasteiger partial charge in [-0.1, -0.05) is 72.8 Å². The van der Waals surface area contributed by atoms with Crippen LogP contribution < -0.4 is 9.47 Å². The number of esters is 1. The second-order valence-electron chi connectivity index (χ2n) is 9.06. The quantitative estimate of drug-likeness (QED) is 0.275. The van der Waals surface area contributed by atoms with E-state index in [-0.39, 0.29) is 18.2 Å². The Morgan fingerprint density at radius 2 is 1.58 bits per heavy atom. The van der Waals surface area contributed by atoms with E-state index >= 15 is 0 Å². The van der Waals surface area contributed by atoms with E-state index < -0.39 is 0 Å². The normalized spacial score (nSPS) is 19.2. The van der Waals surface area contributed by atoms with Crippen LogP contribution >= 0.6 is 0 Å². The third kappa shape index (κ3) is 7.22. The van der Waals surface area contributed by atoms with Crippen molar-refractivity contribution in [3.8, 4) is 11.5 Å². The standard InChI is InChI=1S/C31H34O5/c1-23-17-18-27(34-21-24-11-5-3-6-12-24)16-10-9-15-26-19-28(35-22-25-13-7-4-8-14-25)20-29(33-2)30(26)31(32)36-23/h3-14,19-20,23,27H,15-18,21-22H2,1-2H3/b10-9-/t23-,27?/m1/s1. The number of ether oxygens (including phenoxy) is 4. The number of cyclic esters (lactones) is 1. The van der Waals surface area contributed by atoms with Crippen LogP contribution in [0.4, 0.5) is 0 Å². The molecule has 36 heavy (non-hydrogen) atoms. The second-order valence-corrected chi connectivity index (χ2v) is 9.06. The van der Waals surface area contributed by atoms with E-state index in [0.29, 0.717) is 36.7 Å². The van der Waals surface area contributed by atoms with Gasteiger partial charge in [-0.15, -0.1) is 0 Å². The van der Waals surface area contributed by atoms with Crippen molar-refractivity contribution < 1.29 is 23.7 Å². The molecular formula is C31H34O5. The second kappa shape index (κ2) is 12.9. The van der Waals surface area contributed by atoms with Crippen LogP contribution in [0.1, 0.15) is 53.2 Å². The van der Waals surface area contributed by atoms with Gasteiger partial charge in [-0.2, -0.15) is 0 Å². The van der Waals surface area contributed by atoms with Crippen molar-refractivity contribution in [1.29, 1.82) is 0 Å². The molecule has 4 rings (SSSR count). The van der Waals surface area contributed by atoms with Gasteiger partial charge in [0.25, 0.3) is 0 Å². The minimum absolute atomic E-state index is 0.0524. The zero-order valence-electron chi connectivity index (χ0n) is 21.0. The van der Waals surface area contributed by atoms with E-state index in [2.05, 4.69) is 24.3 Å². The first kappa shape index (κ1) is 25.5. The summed E-state index contributed by atoms with van der Waals surface area (Å²) in [5.41, 5.74) is 3.49. The molecule has 3 aromatic rings. The van der Waals surface area contributed by atoms with E-state index in [9.17, 15) is 4.79 Å². The van der Waals surface area contributed by atoms with Crippen LogP contribution in [-0.4, -0.2) is 25.3 Å². The van der Waals surface area contributed by atoms with Gasteiger partial charge in [-0.05, 0) is 55.4 Å².